The quantitative estimate of drug-likeness (QED) is 0.578. The van der Waals surface area contributed by atoms with Crippen molar-refractivity contribution in [2.75, 3.05) is 14.2 Å². The third-order valence-corrected chi connectivity index (χ3v) is 1.94. The number of rotatable bonds is 4. The molecule has 0 amide bonds. The van der Waals surface area contributed by atoms with Gasteiger partial charge >= 0.3 is 5.97 Å². The van der Waals surface area contributed by atoms with Gasteiger partial charge in [-0.3, -0.25) is 14.5 Å². The fourth-order valence-electron chi connectivity index (χ4n) is 0.946. The molecular weight excluding hydrogens is 206 g/mol. The zero-order valence-electron chi connectivity index (χ0n) is 7.94. The lowest BCUT2D eigenvalue weighted by atomic mass is 10.5. The summed E-state index contributed by atoms with van der Waals surface area (Å²) in [5.41, 5.74) is 0. The topological polar surface area (TPSA) is 69.1 Å². The fourth-order valence-corrected chi connectivity index (χ4v) is 1.16. The van der Waals surface area contributed by atoms with Crippen molar-refractivity contribution in [1.29, 1.82) is 0 Å². The largest absolute Gasteiger partial charge is 0.468 e. The van der Waals surface area contributed by atoms with Crippen LogP contribution in [0.2, 0.25) is 0 Å². The Morgan fingerprint density at radius 3 is 2.93 bits per heavy atom. The molecule has 1 aromatic rings. The first kappa shape index (κ1) is 10.9. The van der Waals surface area contributed by atoms with Crippen LogP contribution >= 0.6 is 12.2 Å². The molecule has 14 heavy (non-hydrogen) atoms. The Bertz CT molecular complexity index is 371. The minimum atomic E-state index is -0.375. The third kappa shape index (κ3) is 2.39. The molecule has 1 heterocycles. The second-order valence-electron chi connectivity index (χ2n) is 2.54. The molecule has 0 aliphatic carbocycles. The summed E-state index contributed by atoms with van der Waals surface area (Å²) in [6.45, 7) is 0.342. The van der Waals surface area contributed by atoms with E-state index in [1.165, 1.54) is 11.7 Å². The van der Waals surface area contributed by atoms with E-state index in [0.717, 1.165) is 0 Å². The molecule has 1 rings (SSSR count). The number of methoxy groups -OCH3 is 2. The van der Waals surface area contributed by atoms with Gasteiger partial charge in [0.1, 0.15) is 13.2 Å². The summed E-state index contributed by atoms with van der Waals surface area (Å²) in [5.74, 6) is 0.197. The van der Waals surface area contributed by atoms with E-state index in [0.29, 0.717) is 17.2 Å². The van der Waals surface area contributed by atoms with Gasteiger partial charge in [0.15, 0.2) is 10.6 Å². The molecule has 1 N–H and O–H groups in total. The maximum atomic E-state index is 11.0. The van der Waals surface area contributed by atoms with Crippen molar-refractivity contribution in [3.63, 3.8) is 0 Å². The molecule has 0 aliphatic heterocycles. The zero-order valence-corrected chi connectivity index (χ0v) is 8.76. The summed E-state index contributed by atoms with van der Waals surface area (Å²) in [6, 6.07) is 0. The summed E-state index contributed by atoms with van der Waals surface area (Å²) in [7, 11) is 2.86. The number of nitrogens with one attached hydrogen (secondary N) is 1. The fraction of sp³-hybridized carbons (Fsp3) is 0.571. The summed E-state index contributed by atoms with van der Waals surface area (Å²) in [5, 5.41) is 6.49. The maximum Gasteiger partial charge on any atom is 0.325 e. The van der Waals surface area contributed by atoms with Crippen molar-refractivity contribution in [1.82, 2.24) is 14.8 Å². The molecule has 0 atom stereocenters. The summed E-state index contributed by atoms with van der Waals surface area (Å²) < 4.78 is 11.3. The Balaban J connectivity index is 2.87. The molecular formula is C7H11N3O3S. The zero-order chi connectivity index (χ0) is 10.6. The van der Waals surface area contributed by atoms with Crippen LogP contribution in [0.1, 0.15) is 5.82 Å². The van der Waals surface area contributed by atoms with E-state index in [4.69, 9.17) is 17.0 Å². The molecule has 0 radical (unpaired) electrons. The van der Waals surface area contributed by atoms with Crippen LogP contribution in [0.3, 0.4) is 0 Å². The first-order valence-corrected chi connectivity index (χ1v) is 4.29. The van der Waals surface area contributed by atoms with E-state index >= 15 is 0 Å². The lowest BCUT2D eigenvalue weighted by Crippen LogP contribution is -2.14. The van der Waals surface area contributed by atoms with E-state index in [1.807, 2.05) is 0 Å². The second-order valence-corrected chi connectivity index (χ2v) is 2.93. The number of aromatic amines is 1. The van der Waals surface area contributed by atoms with Crippen LogP contribution in [-0.4, -0.2) is 35.0 Å². The van der Waals surface area contributed by atoms with Crippen LogP contribution < -0.4 is 0 Å². The van der Waals surface area contributed by atoms with Crippen molar-refractivity contribution >= 4 is 18.2 Å². The number of nitrogens with zero attached hydrogens (tertiary/aromatic N) is 2. The first-order chi connectivity index (χ1) is 6.69. The van der Waals surface area contributed by atoms with E-state index in [9.17, 15) is 4.79 Å². The number of ether oxygens (including phenoxy) is 2. The number of carbonyl (C=O) groups is 1. The Hall–Kier alpha value is -1.21. The Kier molecular flexibility index (Phi) is 3.78. The molecule has 0 spiro atoms. The van der Waals surface area contributed by atoms with Crippen molar-refractivity contribution in [2.24, 2.45) is 0 Å². The highest BCUT2D eigenvalue weighted by atomic mass is 32.1. The van der Waals surface area contributed by atoms with Crippen molar-refractivity contribution in [3.8, 4) is 0 Å². The standard InChI is InChI=1S/C7H11N3O3S/c1-12-4-5-8-9-7(14)10(5)3-6(11)13-2/h3-4H2,1-2H3,(H,9,14). The molecule has 78 valence electrons. The van der Waals surface area contributed by atoms with Gasteiger partial charge in [0, 0.05) is 7.11 Å². The number of aromatic nitrogens is 3. The first-order valence-electron chi connectivity index (χ1n) is 3.89. The van der Waals surface area contributed by atoms with Gasteiger partial charge in [-0.2, -0.15) is 5.10 Å². The maximum absolute atomic E-state index is 11.0. The number of hydrogen-bond donors (Lipinski definition) is 1. The van der Waals surface area contributed by atoms with E-state index in [2.05, 4.69) is 14.9 Å². The van der Waals surface area contributed by atoms with Gasteiger partial charge in [-0.15, -0.1) is 0 Å². The molecule has 7 heteroatoms. The second kappa shape index (κ2) is 4.87. The number of H-pyrrole nitrogens is 1. The minimum absolute atomic E-state index is 0.0462. The van der Waals surface area contributed by atoms with Gasteiger partial charge in [0.25, 0.3) is 0 Å². The number of hydrogen-bond acceptors (Lipinski definition) is 5. The predicted octanol–water partition coefficient (Wildman–Crippen LogP) is 0.260. The normalized spacial score (nSPS) is 10.1. The van der Waals surface area contributed by atoms with E-state index < -0.39 is 0 Å². The van der Waals surface area contributed by atoms with Gasteiger partial charge in [-0.25, -0.2) is 0 Å². The Morgan fingerprint density at radius 2 is 2.36 bits per heavy atom. The molecule has 0 bridgehead atoms. The highest BCUT2D eigenvalue weighted by molar-refractivity contribution is 7.71. The van der Waals surface area contributed by atoms with Crippen LogP contribution in [0.5, 0.6) is 0 Å². The van der Waals surface area contributed by atoms with E-state index in [1.54, 1.807) is 7.11 Å². The van der Waals surface area contributed by atoms with Crippen molar-refractivity contribution in [2.45, 2.75) is 13.2 Å². The van der Waals surface area contributed by atoms with Crippen molar-refractivity contribution < 1.29 is 14.3 Å². The molecule has 0 aromatic carbocycles. The Labute approximate surface area is 85.8 Å². The molecule has 1 aromatic heterocycles. The lowest BCUT2D eigenvalue weighted by molar-refractivity contribution is -0.141. The van der Waals surface area contributed by atoms with Crippen molar-refractivity contribution in [3.05, 3.63) is 10.6 Å². The van der Waals surface area contributed by atoms with Gasteiger partial charge in [-0.1, -0.05) is 0 Å². The third-order valence-electron chi connectivity index (χ3n) is 1.63. The van der Waals surface area contributed by atoms with Crippen LogP contribution in [0.4, 0.5) is 0 Å². The molecule has 0 fully saturated rings. The number of esters is 1. The van der Waals surface area contributed by atoms with Crippen LogP contribution in [0, 0.1) is 4.77 Å². The van der Waals surface area contributed by atoms with Crippen LogP contribution in [-0.2, 0) is 27.4 Å². The molecule has 0 saturated carbocycles. The predicted molar refractivity (Wildman–Crippen MR) is 50.1 cm³/mol. The summed E-state index contributed by atoms with van der Waals surface area (Å²) >= 11 is 4.93. The van der Waals surface area contributed by atoms with Crippen LogP contribution in [0.25, 0.3) is 0 Å². The smallest absolute Gasteiger partial charge is 0.325 e. The minimum Gasteiger partial charge on any atom is -0.468 e. The molecule has 6 nitrogen and oxygen atoms in total. The number of carbonyl (C=O) groups excluding carboxylic acids is 1. The molecule has 0 unspecified atom stereocenters. The van der Waals surface area contributed by atoms with Gasteiger partial charge < -0.3 is 9.47 Å². The summed E-state index contributed by atoms with van der Waals surface area (Å²) in [4.78, 5) is 11.0. The molecule has 0 saturated heterocycles. The SMILES string of the molecule is COCc1n[nH]c(=S)n1CC(=O)OC. The van der Waals surface area contributed by atoms with Gasteiger partial charge in [-0.05, 0) is 12.2 Å². The molecule has 0 aliphatic rings. The monoisotopic (exact) mass is 217 g/mol. The van der Waals surface area contributed by atoms with Crippen LogP contribution in [0.15, 0.2) is 0 Å². The highest BCUT2D eigenvalue weighted by Crippen LogP contribution is 1.99. The summed E-state index contributed by atoms with van der Waals surface area (Å²) in [6.07, 6.45) is 0. The van der Waals surface area contributed by atoms with Gasteiger partial charge in [0.2, 0.25) is 0 Å². The van der Waals surface area contributed by atoms with E-state index in [-0.39, 0.29) is 12.5 Å². The average molecular weight is 217 g/mol. The van der Waals surface area contributed by atoms with Gasteiger partial charge in [0.05, 0.1) is 7.11 Å². The highest BCUT2D eigenvalue weighted by Gasteiger charge is 2.09. The Morgan fingerprint density at radius 1 is 1.64 bits per heavy atom. The average Bonchev–Trinajstić information content (AvgIpc) is 2.50. The lowest BCUT2D eigenvalue weighted by Gasteiger charge is -2.03.